The first-order chi connectivity index (χ1) is 22.2. The molecule has 8 unspecified atom stereocenters. The number of amides is 1. The van der Waals surface area contributed by atoms with E-state index < -0.39 is 11.7 Å². The number of benzene rings is 1. The Hall–Kier alpha value is -2.15. The predicted molar refractivity (Wildman–Crippen MR) is 179 cm³/mol. The van der Waals surface area contributed by atoms with Crippen molar-refractivity contribution < 1.29 is 22.8 Å². The number of hydrogen-bond acceptors (Lipinski definition) is 3. The summed E-state index contributed by atoms with van der Waals surface area (Å²) in [5.41, 5.74) is 2.26. The zero-order valence-corrected chi connectivity index (χ0v) is 29.0. The Morgan fingerprint density at radius 1 is 0.915 bits per heavy atom. The molecule has 7 rings (SSSR count). The van der Waals surface area contributed by atoms with E-state index in [1.54, 1.807) is 12.1 Å². The van der Waals surface area contributed by atoms with Crippen molar-refractivity contribution >= 4 is 17.8 Å². The highest BCUT2D eigenvalue weighted by Gasteiger charge is 2.66. The lowest BCUT2D eigenvalue weighted by Gasteiger charge is -2.68. The van der Waals surface area contributed by atoms with Crippen LogP contribution in [0.3, 0.4) is 0 Å². The number of fused-ring (bicyclic) bond motifs is 7. The minimum Gasteiger partial charge on any atom is -0.354 e. The zero-order chi connectivity index (χ0) is 33.4. The van der Waals surface area contributed by atoms with Crippen molar-refractivity contribution in [1.29, 1.82) is 0 Å². The normalized spacial score (nSPS) is 40.7. The van der Waals surface area contributed by atoms with E-state index in [0.717, 1.165) is 50.5 Å². The van der Waals surface area contributed by atoms with Gasteiger partial charge < -0.3 is 10.2 Å². The van der Waals surface area contributed by atoms with Gasteiger partial charge in [0, 0.05) is 39.0 Å². The molecule has 1 heterocycles. The summed E-state index contributed by atoms with van der Waals surface area (Å²) in [4.78, 5) is 27.3. The third-order valence-electron chi connectivity index (χ3n) is 15.3. The first-order valence-electron chi connectivity index (χ1n) is 18.6. The molecule has 4 saturated carbocycles. The third-order valence-corrected chi connectivity index (χ3v) is 15.3. The average molecular weight is 653 g/mol. The van der Waals surface area contributed by atoms with Crippen molar-refractivity contribution in [3.8, 4) is 0 Å². The van der Waals surface area contributed by atoms with Crippen LogP contribution in [0.4, 0.5) is 13.2 Å². The van der Waals surface area contributed by atoms with Crippen LogP contribution in [-0.2, 0) is 4.79 Å². The number of rotatable bonds is 6. The number of halogens is 3. The van der Waals surface area contributed by atoms with Crippen molar-refractivity contribution in [1.82, 2.24) is 10.2 Å². The van der Waals surface area contributed by atoms with Crippen LogP contribution in [0.1, 0.15) is 121 Å². The number of piperidine rings is 1. The molecule has 47 heavy (non-hydrogen) atoms. The molecule has 4 nitrogen and oxygen atoms in total. The van der Waals surface area contributed by atoms with E-state index in [4.69, 9.17) is 0 Å². The molecule has 0 aromatic heterocycles. The van der Waals surface area contributed by atoms with Crippen LogP contribution in [-0.4, -0.2) is 49.2 Å². The average Bonchev–Trinajstić information content (AvgIpc) is 3.47. The number of likely N-dealkylation sites (tertiary alicyclic amines) is 1. The number of nitrogens with one attached hydrogen (secondary N) is 1. The van der Waals surface area contributed by atoms with Crippen LogP contribution >= 0.6 is 0 Å². The van der Waals surface area contributed by atoms with Gasteiger partial charge in [-0.25, -0.2) is 13.2 Å². The van der Waals surface area contributed by atoms with Crippen molar-refractivity contribution in [3.05, 3.63) is 41.2 Å². The Bertz CT molecular complexity index is 1430. The van der Waals surface area contributed by atoms with E-state index >= 15 is 0 Å². The van der Waals surface area contributed by atoms with Gasteiger partial charge in [0.15, 0.2) is 6.29 Å². The Kier molecular flexibility index (Phi) is 8.32. The first-order valence-corrected chi connectivity index (χ1v) is 18.6. The maximum atomic E-state index is 14.7. The fourth-order valence-electron chi connectivity index (χ4n) is 13.1. The van der Waals surface area contributed by atoms with Gasteiger partial charge in [-0.05, 0) is 127 Å². The maximum absolute atomic E-state index is 14.7. The minimum atomic E-state index is -2.54. The van der Waals surface area contributed by atoms with Gasteiger partial charge in [-0.1, -0.05) is 46.3 Å². The van der Waals surface area contributed by atoms with E-state index in [-0.39, 0.29) is 46.0 Å². The summed E-state index contributed by atoms with van der Waals surface area (Å²) in [5, 5.41) is 3.31. The molecule has 0 bridgehead atoms. The quantitative estimate of drug-likeness (QED) is 0.312. The lowest BCUT2D eigenvalue weighted by atomic mass is 9.36. The third kappa shape index (κ3) is 5.26. The molecular weight excluding hydrogens is 597 g/mol. The Morgan fingerprint density at radius 2 is 1.68 bits per heavy atom. The Labute approximate surface area is 279 Å². The summed E-state index contributed by atoms with van der Waals surface area (Å²) in [6.07, 6.45) is 13.9. The van der Waals surface area contributed by atoms with Gasteiger partial charge in [0.05, 0.1) is 11.0 Å². The molecule has 1 aliphatic heterocycles. The smallest absolute Gasteiger partial charge is 0.250 e. The monoisotopic (exact) mass is 652 g/mol. The van der Waals surface area contributed by atoms with Crippen LogP contribution in [0.25, 0.3) is 5.57 Å². The molecule has 0 spiro atoms. The molecule has 1 N–H and O–H groups in total. The molecule has 1 amide bonds. The van der Waals surface area contributed by atoms with Gasteiger partial charge in [-0.15, -0.1) is 0 Å². The van der Waals surface area contributed by atoms with Crippen molar-refractivity contribution in [3.63, 3.8) is 0 Å². The van der Waals surface area contributed by atoms with E-state index in [2.05, 4.69) is 44.0 Å². The van der Waals surface area contributed by atoms with Crippen LogP contribution < -0.4 is 5.32 Å². The summed E-state index contributed by atoms with van der Waals surface area (Å²) in [6.45, 7) is 11.9. The SMILES string of the molecule is CC1(C)C(c2ccc(C=O)c(F)c2)=CCC2(C)C1CCC1(C)C3CCC4(C(=O)NCCN5CCC(F)(F)CC5)CCCC4C3CCC12. The second-order valence-corrected chi connectivity index (χ2v) is 17.5. The maximum Gasteiger partial charge on any atom is 0.250 e. The van der Waals surface area contributed by atoms with Crippen molar-refractivity contribution in [2.24, 2.45) is 51.2 Å². The molecule has 1 saturated heterocycles. The van der Waals surface area contributed by atoms with Crippen molar-refractivity contribution in [2.45, 2.75) is 111 Å². The Balaban J connectivity index is 1.07. The molecule has 6 aliphatic rings. The largest absolute Gasteiger partial charge is 0.354 e. The molecule has 1 aromatic carbocycles. The molecule has 5 fully saturated rings. The molecule has 5 aliphatic carbocycles. The molecule has 0 radical (unpaired) electrons. The summed E-state index contributed by atoms with van der Waals surface area (Å²) in [6, 6.07) is 5.09. The number of alkyl halides is 2. The van der Waals surface area contributed by atoms with E-state index in [0.29, 0.717) is 62.1 Å². The van der Waals surface area contributed by atoms with E-state index in [1.165, 1.54) is 24.8 Å². The number of hydrogen-bond donors (Lipinski definition) is 1. The summed E-state index contributed by atoms with van der Waals surface area (Å²) in [7, 11) is 0. The highest BCUT2D eigenvalue weighted by molar-refractivity contribution is 5.83. The van der Waals surface area contributed by atoms with E-state index in [9.17, 15) is 22.8 Å². The summed E-state index contributed by atoms with van der Waals surface area (Å²) in [5.74, 6) is 0.0106. The number of nitrogens with zero attached hydrogens (tertiary/aromatic N) is 1. The zero-order valence-electron chi connectivity index (χ0n) is 29.0. The van der Waals surface area contributed by atoms with E-state index in [1.807, 2.05) is 6.07 Å². The number of allylic oxidation sites excluding steroid dienone is 2. The van der Waals surface area contributed by atoms with Gasteiger partial charge in [0.1, 0.15) is 5.82 Å². The van der Waals surface area contributed by atoms with Crippen LogP contribution in [0, 0.1) is 57.1 Å². The molecular formula is C40H55F3N2O2. The Morgan fingerprint density at radius 3 is 2.40 bits per heavy atom. The summed E-state index contributed by atoms with van der Waals surface area (Å²) < 4.78 is 41.9. The lowest BCUT2D eigenvalue weighted by Crippen LogP contribution is -2.62. The standard InChI is InChI=1S/C40H55F3N2O2/c1-36(2)29(26-7-8-27(25-46)32(41)24-26)11-15-38(4)33(36)13-16-37(3)30-12-17-39(14-5-6-31(39)28(30)9-10-34(37)38)35(47)44-20-23-45-21-18-40(42,43)19-22-45/h7-8,11,24-25,28,30-31,33-34H,5-6,9-10,12-23H2,1-4H3,(H,44,47). The number of carbonyl (C=O) groups excluding carboxylic acids is 2. The highest BCUT2D eigenvalue weighted by atomic mass is 19.3. The van der Waals surface area contributed by atoms with Crippen LogP contribution in [0.2, 0.25) is 0 Å². The second kappa shape index (κ2) is 11.7. The van der Waals surface area contributed by atoms with Crippen LogP contribution in [0.15, 0.2) is 24.3 Å². The fourth-order valence-corrected chi connectivity index (χ4v) is 13.1. The van der Waals surface area contributed by atoms with Crippen LogP contribution in [0.5, 0.6) is 0 Å². The topological polar surface area (TPSA) is 49.4 Å². The molecule has 258 valence electrons. The molecule has 1 aromatic rings. The second-order valence-electron chi connectivity index (χ2n) is 17.5. The highest BCUT2D eigenvalue weighted by Crippen LogP contribution is 2.73. The number of carbonyl (C=O) groups is 2. The minimum absolute atomic E-state index is 0.0826. The predicted octanol–water partition coefficient (Wildman–Crippen LogP) is 8.94. The first kappa shape index (κ1) is 33.4. The lowest BCUT2D eigenvalue weighted by molar-refractivity contribution is -0.181. The van der Waals surface area contributed by atoms with Gasteiger partial charge in [-0.3, -0.25) is 9.59 Å². The molecule has 7 heteroatoms. The van der Waals surface area contributed by atoms with Gasteiger partial charge in [0.25, 0.3) is 5.92 Å². The fraction of sp³-hybridized carbons (Fsp3) is 0.750. The van der Waals surface area contributed by atoms with Crippen molar-refractivity contribution in [2.75, 3.05) is 26.2 Å². The molecule has 8 atom stereocenters. The van der Waals surface area contributed by atoms with Gasteiger partial charge in [0.2, 0.25) is 5.91 Å². The number of aldehydes is 1. The van der Waals surface area contributed by atoms with Gasteiger partial charge in [-0.2, -0.15) is 0 Å². The summed E-state index contributed by atoms with van der Waals surface area (Å²) >= 11 is 0. The van der Waals surface area contributed by atoms with Gasteiger partial charge >= 0.3 is 0 Å².